The fourth-order valence-electron chi connectivity index (χ4n) is 0.489. The lowest BCUT2D eigenvalue weighted by molar-refractivity contribution is -0.139. The van der Waals surface area contributed by atoms with Crippen LogP contribution in [0.4, 0.5) is 0 Å². The molecule has 0 aliphatic heterocycles. The molecule has 0 bridgehead atoms. The Kier molecular flexibility index (Phi) is 18.3. The SMILES string of the molecule is C=C(C)C(=O)OCCC.C=C(OC)C(=O)O.C=CC(=O)OC. The van der Waals surface area contributed by atoms with E-state index in [1.807, 2.05) is 6.92 Å². The minimum absolute atomic E-state index is 0.236. The summed E-state index contributed by atoms with van der Waals surface area (Å²) in [5, 5.41) is 7.96. The van der Waals surface area contributed by atoms with Crippen LogP contribution in [0, 0.1) is 0 Å². The summed E-state index contributed by atoms with van der Waals surface area (Å²) in [4.78, 5) is 30.1. The molecule has 0 unspecified atom stereocenters. The van der Waals surface area contributed by atoms with E-state index in [1.54, 1.807) is 6.92 Å². The number of rotatable bonds is 6. The van der Waals surface area contributed by atoms with Crippen LogP contribution in [-0.2, 0) is 28.6 Å². The van der Waals surface area contributed by atoms with Gasteiger partial charge in [0.1, 0.15) is 0 Å². The van der Waals surface area contributed by atoms with E-state index in [0.29, 0.717) is 12.2 Å². The molecule has 22 heavy (non-hydrogen) atoms. The molecule has 0 spiro atoms. The number of hydrogen-bond acceptors (Lipinski definition) is 6. The van der Waals surface area contributed by atoms with Gasteiger partial charge in [0.15, 0.2) is 5.76 Å². The Bertz CT molecular complexity index is 397. The van der Waals surface area contributed by atoms with Gasteiger partial charge in [-0.3, -0.25) is 0 Å². The Hall–Kier alpha value is -2.57. The maximum Gasteiger partial charge on any atom is 0.370 e. The lowest BCUT2D eigenvalue weighted by atomic mass is 10.4. The van der Waals surface area contributed by atoms with E-state index in [0.717, 1.165) is 12.5 Å². The van der Waals surface area contributed by atoms with Crippen molar-refractivity contribution in [2.75, 3.05) is 20.8 Å². The van der Waals surface area contributed by atoms with Crippen molar-refractivity contribution in [3.63, 3.8) is 0 Å². The molecule has 0 amide bonds. The van der Waals surface area contributed by atoms with E-state index >= 15 is 0 Å². The zero-order chi connectivity index (χ0) is 18.1. The average Bonchev–Trinajstić information content (AvgIpc) is 2.51. The standard InChI is InChI=1S/C7H12O2.C4H6O3.C4H6O2/c1-4-5-9-7(8)6(2)3;1-3(7-2)4(5)6;1-3-4(5)6-2/h2,4-5H2,1,3H3;1H2,2H3,(H,5,6);3H,1H2,2H3. The highest BCUT2D eigenvalue weighted by Crippen LogP contribution is 1.91. The first-order valence-corrected chi connectivity index (χ1v) is 6.16. The summed E-state index contributed by atoms with van der Waals surface area (Å²) in [6.45, 7) is 13.7. The molecule has 0 radical (unpaired) electrons. The molecule has 0 aromatic rings. The zero-order valence-corrected chi connectivity index (χ0v) is 13.5. The Morgan fingerprint density at radius 2 is 1.64 bits per heavy atom. The van der Waals surface area contributed by atoms with Gasteiger partial charge in [-0.1, -0.05) is 20.1 Å². The average molecular weight is 316 g/mol. The van der Waals surface area contributed by atoms with Crippen molar-refractivity contribution >= 4 is 17.9 Å². The third-order valence-electron chi connectivity index (χ3n) is 1.64. The molecule has 0 aromatic heterocycles. The molecule has 126 valence electrons. The van der Waals surface area contributed by atoms with Crippen molar-refractivity contribution in [3.8, 4) is 0 Å². The second-order valence-corrected chi connectivity index (χ2v) is 3.58. The number of carboxylic acid groups (broad SMARTS) is 1. The number of carboxylic acids is 1. The van der Waals surface area contributed by atoms with Crippen LogP contribution < -0.4 is 0 Å². The van der Waals surface area contributed by atoms with Gasteiger partial charge in [-0.05, 0) is 19.9 Å². The second kappa shape index (κ2) is 16.5. The zero-order valence-electron chi connectivity index (χ0n) is 13.5. The largest absolute Gasteiger partial charge is 0.490 e. The number of ether oxygens (including phenoxy) is 3. The summed E-state index contributed by atoms with van der Waals surface area (Å²) in [5.41, 5.74) is 0.462. The molecule has 0 heterocycles. The Morgan fingerprint density at radius 3 is 1.77 bits per heavy atom. The van der Waals surface area contributed by atoms with Crippen molar-refractivity contribution in [2.24, 2.45) is 0 Å². The van der Waals surface area contributed by atoms with Crippen LogP contribution in [0.1, 0.15) is 20.3 Å². The number of carbonyl (C=O) groups is 3. The van der Waals surface area contributed by atoms with Crippen LogP contribution in [0.5, 0.6) is 0 Å². The molecule has 0 aliphatic rings. The highest BCUT2D eigenvalue weighted by atomic mass is 16.5. The van der Waals surface area contributed by atoms with Crippen LogP contribution in [0.3, 0.4) is 0 Å². The first-order valence-electron chi connectivity index (χ1n) is 6.16. The predicted molar refractivity (Wildman–Crippen MR) is 82.1 cm³/mol. The molecule has 0 atom stereocenters. The first-order chi connectivity index (χ1) is 10.2. The maximum absolute atomic E-state index is 10.6. The first kappa shape index (κ1) is 24.4. The molecule has 0 aromatic carbocycles. The van der Waals surface area contributed by atoms with E-state index in [-0.39, 0.29) is 11.7 Å². The third-order valence-corrected chi connectivity index (χ3v) is 1.64. The molecule has 0 saturated heterocycles. The van der Waals surface area contributed by atoms with E-state index in [1.165, 1.54) is 14.2 Å². The van der Waals surface area contributed by atoms with Crippen LogP contribution in [0.2, 0.25) is 0 Å². The van der Waals surface area contributed by atoms with Gasteiger partial charge in [0, 0.05) is 11.6 Å². The molecular weight excluding hydrogens is 292 g/mol. The smallest absolute Gasteiger partial charge is 0.370 e. The summed E-state index contributed by atoms with van der Waals surface area (Å²) < 4.78 is 13.1. The lowest BCUT2D eigenvalue weighted by Crippen LogP contribution is -2.04. The quantitative estimate of drug-likeness (QED) is 0.455. The van der Waals surface area contributed by atoms with Gasteiger partial charge in [0.05, 0.1) is 20.8 Å². The summed E-state index contributed by atoms with van der Waals surface area (Å²) >= 11 is 0. The summed E-state index contributed by atoms with van der Waals surface area (Å²) in [6, 6.07) is 0. The Balaban J connectivity index is -0.000000252. The van der Waals surface area contributed by atoms with Gasteiger partial charge < -0.3 is 19.3 Å². The van der Waals surface area contributed by atoms with Gasteiger partial charge >= 0.3 is 17.9 Å². The fourth-order valence-corrected chi connectivity index (χ4v) is 0.489. The number of methoxy groups -OCH3 is 2. The second-order valence-electron chi connectivity index (χ2n) is 3.58. The summed E-state index contributed by atoms with van der Waals surface area (Å²) in [7, 11) is 2.57. The minimum atomic E-state index is -1.12. The van der Waals surface area contributed by atoms with E-state index < -0.39 is 11.9 Å². The Labute approximate surface area is 130 Å². The summed E-state index contributed by atoms with van der Waals surface area (Å²) in [5.74, 6) is -2.05. The highest BCUT2D eigenvalue weighted by molar-refractivity contribution is 5.86. The van der Waals surface area contributed by atoms with Crippen LogP contribution in [0.15, 0.2) is 37.1 Å². The van der Waals surface area contributed by atoms with Crippen LogP contribution in [-0.4, -0.2) is 43.8 Å². The van der Waals surface area contributed by atoms with Gasteiger partial charge in [-0.15, -0.1) is 0 Å². The molecule has 0 aliphatic carbocycles. The summed E-state index contributed by atoms with van der Waals surface area (Å²) in [6.07, 6.45) is 1.97. The lowest BCUT2D eigenvalue weighted by Gasteiger charge is -1.99. The van der Waals surface area contributed by atoms with E-state index in [2.05, 4.69) is 29.2 Å². The molecule has 1 N–H and O–H groups in total. The monoisotopic (exact) mass is 316 g/mol. The number of hydrogen-bond donors (Lipinski definition) is 1. The predicted octanol–water partition coefficient (Wildman–Crippen LogP) is 2.09. The van der Waals surface area contributed by atoms with Crippen molar-refractivity contribution in [1.82, 2.24) is 0 Å². The van der Waals surface area contributed by atoms with E-state index in [4.69, 9.17) is 9.84 Å². The van der Waals surface area contributed by atoms with Gasteiger partial charge in [0.25, 0.3) is 0 Å². The normalized spacial score (nSPS) is 7.82. The van der Waals surface area contributed by atoms with Gasteiger partial charge in [-0.25, -0.2) is 14.4 Å². The molecular formula is C15H24O7. The van der Waals surface area contributed by atoms with Crippen LogP contribution in [0.25, 0.3) is 0 Å². The van der Waals surface area contributed by atoms with Crippen molar-refractivity contribution < 1.29 is 33.7 Å². The minimum Gasteiger partial charge on any atom is -0.490 e. The highest BCUT2D eigenvalue weighted by Gasteiger charge is 1.99. The molecule has 7 heteroatoms. The fraction of sp³-hybridized carbons (Fsp3) is 0.400. The molecule has 0 rings (SSSR count). The van der Waals surface area contributed by atoms with Crippen molar-refractivity contribution in [1.29, 1.82) is 0 Å². The van der Waals surface area contributed by atoms with E-state index in [9.17, 15) is 14.4 Å². The van der Waals surface area contributed by atoms with Gasteiger partial charge in [-0.2, -0.15) is 0 Å². The van der Waals surface area contributed by atoms with Gasteiger partial charge in [0.2, 0.25) is 0 Å². The number of aliphatic carboxylic acids is 1. The topological polar surface area (TPSA) is 99.1 Å². The molecule has 7 nitrogen and oxygen atoms in total. The number of carbonyl (C=O) groups excluding carboxylic acids is 2. The number of esters is 2. The molecule has 0 saturated carbocycles. The van der Waals surface area contributed by atoms with Crippen molar-refractivity contribution in [3.05, 3.63) is 37.1 Å². The Morgan fingerprint density at radius 1 is 1.14 bits per heavy atom. The van der Waals surface area contributed by atoms with Crippen LogP contribution >= 0.6 is 0 Å². The third kappa shape index (κ3) is 19.8. The maximum atomic E-state index is 10.6. The molecule has 0 fully saturated rings. The van der Waals surface area contributed by atoms with Crippen molar-refractivity contribution in [2.45, 2.75) is 20.3 Å².